The molecule has 0 bridgehead atoms. The van der Waals surface area contributed by atoms with E-state index in [-0.39, 0.29) is 5.82 Å². The van der Waals surface area contributed by atoms with E-state index < -0.39 is 11.6 Å². The van der Waals surface area contributed by atoms with Gasteiger partial charge >= 0.3 is 6.03 Å². The highest BCUT2D eigenvalue weighted by molar-refractivity contribution is 5.99. The summed E-state index contributed by atoms with van der Waals surface area (Å²) in [4.78, 5) is 28.8. The fourth-order valence-electron chi connectivity index (χ4n) is 2.47. The van der Waals surface area contributed by atoms with Crippen LogP contribution in [-0.4, -0.2) is 29.8 Å². The van der Waals surface area contributed by atoms with Crippen LogP contribution < -0.4 is 25.7 Å². The first-order chi connectivity index (χ1) is 13.1. The fourth-order valence-corrected chi connectivity index (χ4v) is 2.47. The van der Waals surface area contributed by atoms with Gasteiger partial charge in [-0.25, -0.2) is 9.78 Å². The van der Waals surface area contributed by atoms with Crippen LogP contribution in [0.3, 0.4) is 0 Å². The summed E-state index contributed by atoms with van der Waals surface area (Å²) in [5.74, 6) is 0.929. The highest BCUT2D eigenvalue weighted by atomic mass is 16.5. The van der Waals surface area contributed by atoms with E-state index in [1.54, 1.807) is 30.3 Å². The third-order valence-corrected chi connectivity index (χ3v) is 3.75. The number of carbonyl (C=O) groups is 1. The van der Waals surface area contributed by atoms with Gasteiger partial charge in [-0.05, 0) is 24.3 Å². The molecular weight excluding hydrogens is 348 g/mol. The lowest BCUT2D eigenvalue weighted by molar-refractivity contribution is 0.262. The molecular formula is C19H18N4O4. The minimum Gasteiger partial charge on any atom is -0.493 e. The molecule has 0 aliphatic rings. The normalized spacial score (nSPS) is 10.1. The molecule has 2 N–H and O–H groups in total. The van der Waals surface area contributed by atoms with E-state index in [9.17, 15) is 9.59 Å². The maximum Gasteiger partial charge on any atom is 0.325 e. The van der Waals surface area contributed by atoms with Crippen molar-refractivity contribution in [2.75, 3.05) is 24.9 Å². The molecule has 0 aliphatic carbocycles. The molecule has 0 fully saturated rings. The van der Waals surface area contributed by atoms with Crippen molar-refractivity contribution in [2.24, 2.45) is 0 Å². The van der Waals surface area contributed by atoms with Crippen molar-refractivity contribution in [3.05, 3.63) is 71.3 Å². The number of hydrogen-bond acceptors (Lipinski definition) is 5. The van der Waals surface area contributed by atoms with Crippen LogP contribution in [0.2, 0.25) is 0 Å². The molecule has 0 unspecified atom stereocenters. The number of nitrogens with zero attached hydrogens (tertiary/aromatic N) is 2. The number of carbonyl (C=O) groups excluding carboxylic acids is 1. The van der Waals surface area contributed by atoms with Gasteiger partial charge in [-0.2, -0.15) is 0 Å². The Labute approximate surface area is 155 Å². The molecule has 2 amide bonds. The maximum atomic E-state index is 12.6. The van der Waals surface area contributed by atoms with Crippen LogP contribution in [-0.2, 0) is 0 Å². The van der Waals surface area contributed by atoms with E-state index in [2.05, 4.69) is 15.6 Å². The molecule has 0 saturated heterocycles. The first kappa shape index (κ1) is 18.0. The lowest BCUT2D eigenvalue weighted by Gasteiger charge is -2.11. The zero-order valence-corrected chi connectivity index (χ0v) is 14.8. The van der Waals surface area contributed by atoms with Crippen molar-refractivity contribution < 1.29 is 14.3 Å². The Hall–Kier alpha value is -3.81. The molecule has 3 aromatic rings. The Morgan fingerprint density at radius 2 is 1.74 bits per heavy atom. The average Bonchev–Trinajstić information content (AvgIpc) is 2.70. The van der Waals surface area contributed by atoms with E-state index >= 15 is 0 Å². The number of anilines is 2. The molecule has 0 saturated carbocycles. The molecule has 0 atom stereocenters. The Morgan fingerprint density at radius 1 is 1.00 bits per heavy atom. The third kappa shape index (κ3) is 4.06. The van der Waals surface area contributed by atoms with Crippen molar-refractivity contribution in [1.82, 2.24) is 9.55 Å². The van der Waals surface area contributed by atoms with Gasteiger partial charge in [0, 0.05) is 29.8 Å². The summed E-state index contributed by atoms with van der Waals surface area (Å²) in [5.41, 5.74) is 0.712. The molecule has 1 aromatic heterocycles. The Morgan fingerprint density at radius 3 is 2.44 bits per heavy atom. The second kappa shape index (κ2) is 8.05. The highest BCUT2D eigenvalue weighted by Crippen LogP contribution is 2.29. The first-order valence-electron chi connectivity index (χ1n) is 8.05. The Kier molecular flexibility index (Phi) is 5.36. The molecule has 0 aliphatic heterocycles. The monoisotopic (exact) mass is 366 g/mol. The van der Waals surface area contributed by atoms with Gasteiger partial charge in [-0.15, -0.1) is 0 Å². The quantitative estimate of drug-likeness (QED) is 0.724. The van der Waals surface area contributed by atoms with Gasteiger partial charge in [0.1, 0.15) is 0 Å². The smallest absolute Gasteiger partial charge is 0.325 e. The summed E-state index contributed by atoms with van der Waals surface area (Å²) in [6.07, 6.45) is 2.98. The Balaban J connectivity index is 1.78. The maximum absolute atomic E-state index is 12.6. The van der Waals surface area contributed by atoms with E-state index in [1.165, 1.54) is 31.2 Å². The molecule has 8 heteroatoms. The number of urea groups is 1. The lowest BCUT2D eigenvalue weighted by atomic mass is 10.3. The number of nitrogens with one attached hydrogen (secondary N) is 2. The number of aromatic nitrogens is 2. The molecule has 1 heterocycles. The van der Waals surface area contributed by atoms with Crippen LogP contribution in [0.4, 0.5) is 16.3 Å². The average molecular weight is 366 g/mol. The summed E-state index contributed by atoms with van der Waals surface area (Å²) in [5, 5.41) is 5.10. The van der Waals surface area contributed by atoms with Gasteiger partial charge in [0.15, 0.2) is 11.5 Å². The van der Waals surface area contributed by atoms with Crippen molar-refractivity contribution in [3.63, 3.8) is 0 Å². The Bertz CT molecular complexity index is 1000. The molecule has 27 heavy (non-hydrogen) atoms. The number of hydrogen-bond donors (Lipinski definition) is 2. The number of amides is 2. The number of rotatable bonds is 5. The number of para-hydroxylation sites is 1. The van der Waals surface area contributed by atoms with Crippen LogP contribution in [0.1, 0.15) is 0 Å². The second-order valence-corrected chi connectivity index (χ2v) is 5.44. The van der Waals surface area contributed by atoms with Gasteiger partial charge in [0.05, 0.1) is 14.2 Å². The topological polar surface area (TPSA) is 94.5 Å². The number of benzene rings is 2. The molecule has 2 aromatic carbocycles. The van der Waals surface area contributed by atoms with Crippen LogP contribution in [0.5, 0.6) is 11.5 Å². The summed E-state index contributed by atoms with van der Waals surface area (Å²) in [7, 11) is 3.03. The minimum absolute atomic E-state index is 0.0840. The number of methoxy groups -OCH3 is 2. The largest absolute Gasteiger partial charge is 0.493 e. The fraction of sp³-hybridized carbons (Fsp3) is 0.105. The second-order valence-electron chi connectivity index (χ2n) is 5.44. The molecule has 0 spiro atoms. The summed E-state index contributed by atoms with van der Waals surface area (Å²) >= 11 is 0. The van der Waals surface area contributed by atoms with E-state index in [0.717, 1.165) is 0 Å². The van der Waals surface area contributed by atoms with Crippen molar-refractivity contribution >= 4 is 17.5 Å². The highest BCUT2D eigenvalue weighted by Gasteiger charge is 2.11. The van der Waals surface area contributed by atoms with Gasteiger partial charge in [0.2, 0.25) is 5.82 Å². The van der Waals surface area contributed by atoms with Crippen LogP contribution in [0.15, 0.2) is 65.7 Å². The van der Waals surface area contributed by atoms with Gasteiger partial charge in [-0.1, -0.05) is 18.2 Å². The molecule has 0 radical (unpaired) electrons. The number of ether oxygens (including phenoxy) is 2. The van der Waals surface area contributed by atoms with Gasteiger partial charge < -0.3 is 14.8 Å². The molecule has 8 nitrogen and oxygen atoms in total. The van der Waals surface area contributed by atoms with Gasteiger partial charge in [-0.3, -0.25) is 14.7 Å². The molecule has 3 rings (SSSR count). The first-order valence-corrected chi connectivity index (χ1v) is 8.05. The van der Waals surface area contributed by atoms with Crippen molar-refractivity contribution in [1.29, 1.82) is 0 Å². The predicted molar refractivity (Wildman–Crippen MR) is 102 cm³/mol. The SMILES string of the molecule is COc1ccc(NC(=O)Nc2nccn(-c3ccccc3)c2=O)cc1OC. The predicted octanol–water partition coefficient (Wildman–Crippen LogP) is 2.89. The van der Waals surface area contributed by atoms with Crippen LogP contribution in [0.25, 0.3) is 5.69 Å². The van der Waals surface area contributed by atoms with Crippen LogP contribution in [0, 0.1) is 0 Å². The third-order valence-electron chi connectivity index (χ3n) is 3.75. The van der Waals surface area contributed by atoms with E-state index in [4.69, 9.17) is 9.47 Å². The summed E-state index contributed by atoms with van der Waals surface area (Å²) < 4.78 is 11.8. The minimum atomic E-state index is -0.599. The van der Waals surface area contributed by atoms with Crippen molar-refractivity contribution in [2.45, 2.75) is 0 Å². The zero-order valence-electron chi connectivity index (χ0n) is 14.8. The van der Waals surface area contributed by atoms with E-state index in [0.29, 0.717) is 22.9 Å². The summed E-state index contributed by atoms with van der Waals surface area (Å²) in [6, 6.07) is 13.4. The zero-order chi connectivity index (χ0) is 19.2. The van der Waals surface area contributed by atoms with Crippen LogP contribution >= 0.6 is 0 Å². The standard InChI is InChI=1S/C19H18N4O4/c1-26-15-9-8-13(12-16(15)27-2)21-19(25)22-17-18(24)23(11-10-20-17)14-6-4-3-5-7-14/h3-12H,1-2H3,(H2,20,21,22,25). The summed E-state index contributed by atoms with van der Waals surface area (Å²) in [6.45, 7) is 0. The van der Waals surface area contributed by atoms with Gasteiger partial charge in [0.25, 0.3) is 5.56 Å². The van der Waals surface area contributed by atoms with E-state index in [1.807, 2.05) is 18.2 Å². The molecule has 138 valence electrons. The lowest BCUT2D eigenvalue weighted by Crippen LogP contribution is -2.28. The van der Waals surface area contributed by atoms with Crippen molar-refractivity contribution in [3.8, 4) is 17.2 Å².